The Kier molecular flexibility index (Phi) is 3.22. The molecule has 2 aromatic heterocycles. The van der Waals surface area contributed by atoms with Crippen molar-refractivity contribution in [3.63, 3.8) is 0 Å². The number of anilines is 1. The van der Waals surface area contributed by atoms with Crippen molar-refractivity contribution >= 4 is 11.6 Å². The van der Waals surface area contributed by atoms with Crippen LogP contribution in [0.15, 0.2) is 24.5 Å². The third-order valence-corrected chi connectivity index (χ3v) is 3.81. The first-order valence-corrected chi connectivity index (χ1v) is 6.98. The number of rotatable bonds is 3. The fourth-order valence-electron chi connectivity index (χ4n) is 2.79. The molecule has 6 heteroatoms. The first-order valence-electron chi connectivity index (χ1n) is 6.98. The number of aromatic nitrogens is 3. The Bertz CT molecular complexity index is 601. The Morgan fingerprint density at radius 3 is 3.10 bits per heavy atom. The lowest BCUT2D eigenvalue weighted by molar-refractivity contribution is 0.0727. The van der Waals surface area contributed by atoms with Gasteiger partial charge in [-0.25, -0.2) is 0 Å². The van der Waals surface area contributed by atoms with Crippen LogP contribution in [0.2, 0.25) is 0 Å². The van der Waals surface area contributed by atoms with Crippen LogP contribution < -0.4 is 5.73 Å². The second-order valence-electron chi connectivity index (χ2n) is 5.07. The monoisotopic (exact) mass is 273 g/mol. The van der Waals surface area contributed by atoms with E-state index < -0.39 is 0 Å². The Labute approximate surface area is 117 Å². The highest BCUT2D eigenvalue weighted by Crippen LogP contribution is 2.32. The highest BCUT2D eigenvalue weighted by molar-refractivity contribution is 5.97. The van der Waals surface area contributed by atoms with Gasteiger partial charge in [-0.15, -0.1) is 0 Å². The molecule has 1 aliphatic rings. The van der Waals surface area contributed by atoms with Gasteiger partial charge >= 0.3 is 0 Å². The van der Waals surface area contributed by atoms with E-state index in [-0.39, 0.29) is 11.9 Å². The van der Waals surface area contributed by atoms with Crippen molar-refractivity contribution in [1.82, 2.24) is 19.7 Å². The molecule has 106 valence electrons. The van der Waals surface area contributed by atoms with Crippen molar-refractivity contribution in [2.24, 2.45) is 0 Å². The van der Waals surface area contributed by atoms with Crippen LogP contribution in [0, 0.1) is 0 Å². The molecule has 1 atom stereocenters. The average Bonchev–Trinajstić information content (AvgIpc) is 3.17. The second-order valence-corrected chi connectivity index (χ2v) is 5.07. The molecule has 20 heavy (non-hydrogen) atoms. The van der Waals surface area contributed by atoms with Crippen LogP contribution in [0.3, 0.4) is 0 Å². The summed E-state index contributed by atoms with van der Waals surface area (Å²) in [6, 6.07) is 4.07. The zero-order chi connectivity index (χ0) is 14.1. The highest BCUT2D eigenvalue weighted by atomic mass is 16.2. The van der Waals surface area contributed by atoms with E-state index in [0.29, 0.717) is 17.9 Å². The maximum Gasteiger partial charge on any atom is 0.277 e. The Balaban J connectivity index is 1.87. The molecule has 1 amide bonds. The van der Waals surface area contributed by atoms with Gasteiger partial charge in [-0.3, -0.25) is 9.48 Å². The molecule has 0 aliphatic carbocycles. The summed E-state index contributed by atoms with van der Waals surface area (Å²) in [5, 5.41) is 4.28. The van der Waals surface area contributed by atoms with E-state index >= 15 is 0 Å². The number of nitrogens with two attached hydrogens (primary N) is 1. The van der Waals surface area contributed by atoms with E-state index in [1.54, 1.807) is 10.9 Å². The maximum absolute atomic E-state index is 12.7. The number of H-pyrrole nitrogens is 1. The summed E-state index contributed by atoms with van der Waals surface area (Å²) >= 11 is 0. The Hall–Kier alpha value is -2.24. The van der Waals surface area contributed by atoms with Gasteiger partial charge in [0.15, 0.2) is 5.69 Å². The number of hydrogen-bond donors (Lipinski definition) is 2. The van der Waals surface area contributed by atoms with Crippen molar-refractivity contribution in [2.45, 2.75) is 32.4 Å². The number of aromatic amines is 1. The SMILES string of the molecule is CCn1cc(N)c(C(=O)N2CCCC2c2ccc[nH]2)n1. The maximum atomic E-state index is 12.7. The minimum Gasteiger partial charge on any atom is -0.396 e. The van der Waals surface area contributed by atoms with Gasteiger partial charge in [0.05, 0.1) is 11.7 Å². The minimum atomic E-state index is -0.0770. The van der Waals surface area contributed by atoms with Crippen molar-refractivity contribution < 1.29 is 4.79 Å². The first-order chi connectivity index (χ1) is 9.70. The van der Waals surface area contributed by atoms with Crippen LogP contribution in [0.1, 0.15) is 42.0 Å². The molecule has 1 fully saturated rings. The summed E-state index contributed by atoms with van der Waals surface area (Å²) in [6.07, 6.45) is 5.58. The lowest BCUT2D eigenvalue weighted by Gasteiger charge is -2.23. The third-order valence-electron chi connectivity index (χ3n) is 3.81. The zero-order valence-electron chi connectivity index (χ0n) is 11.5. The molecule has 1 aliphatic heterocycles. The quantitative estimate of drug-likeness (QED) is 0.894. The molecule has 3 heterocycles. The van der Waals surface area contributed by atoms with Gasteiger partial charge in [0, 0.05) is 31.2 Å². The normalized spacial score (nSPS) is 18.6. The molecule has 2 aromatic rings. The molecule has 0 saturated carbocycles. The van der Waals surface area contributed by atoms with Gasteiger partial charge in [-0.1, -0.05) is 0 Å². The topological polar surface area (TPSA) is 79.9 Å². The molecule has 0 spiro atoms. The van der Waals surface area contributed by atoms with Crippen LogP contribution in [-0.2, 0) is 6.54 Å². The van der Waals surface area contributed by atoms with Crippen LogP contribution in [-0.4, -0.2) is 32.1 Å². The summed E-state index contributed by atoms with van der Waals surface area (Å²) in [5.74, 6) is -0.0770. The summed E-state index contributed by atoms with van der Waals surface area (Å²) in [4.78, 5) is 17.7. The average molecular weight is 273 g/mol. The summed E-state index contributed by atoms with van der Waals surface area (Å²) in [6.45, 7) is 3.43. The minimum absolute atomic E-state index is 0.0770. The lowest BCUT2D eigenvalue weighted by atomic mass is 10.1. The third kappa shape index (κ3) is 2.07. The smallest absolute Gasteiger partial charge is 0.277 e. The number of nitrogens with one attached hydrogen (secondary N) is 1. The van der Waals surface area contributed by atoms with Crippen LogP contribution >= 0.6 is 0 Å². The van der Waals surface area contributed by atoms with Crippen molar-refractivity contribution in [1.29, 1.82) is 0 Å². The van der Waals surface area contributed by atoms with Gasteiger partial charge in [0.1, 0.15) is 0 Å². The number of carbonyl (C=O) groups excluding carboxylic acids is 1. The van der Waals surface area contributed by atoms with E-state index in [9.17, 15) is 4.79 Å². The fourth-order valence-corrected chi connectivity index (χ4v) is 2.79. The molecule has 3 N–H and O–H groups in total. The van der Waals surface area contributed by atoms with Crippen LogP contribution in [0.5, 0.6) is 0 Å². The number of amides is 1. The summed E-state index contributed by atoms with van der Waals surface area (Å²) in [7, 11) is 0. The van der Waals surface area contributed by atoms with Crippen molar-refractivity contribution in [3.8, 4) is 0 Å². The summed E-state index contributed by atoms with van der Waals surface area (Å²) in [5.41, 5.74) is 7.80. The van der Waals surface area contributed by atoms with E-state index in [1.165, 1.54) is 0 Å². The number of nitrogens with zero attached hydrogens (tertiary/aromatic N) is 3. The molecular weight excluding hydrogens is 254 g/mol. The van der Waals surface area contributed by atoms with E-state index in [0.717, 1.165) is 25.1 Å². The van der Waals surface area contributed by atoms with E-state index in [2.05, 4.69) is 10.1 Å². The van der Waals surface area contributed by atoms with Gasteiger partial charge in [-0.05, 0) is 31.9 Å². The molecule has 0 aromatic carbocycles. The largest absolute Gasteiger partial charge is 0.396 e. The van der Waals surface area contributed by atoms with Gasteiger partial charge < -0.3 is 15.6 Å². The van der Waals surface area contributed by atoms with E-state index in [1.807, 2.05) is 30.2 Å². The van der Waals surface area contributed by atoms with Crippen LogP contribution in [0.25, 0.3) is 0 Å². The standard InChI is InChI=1S/C14H19N5O/c1-2-18-9-10(15)13(17-18)14(20)19-8-4-6-12(19)11-5-3-7-16-11/h3,5,7,9,12,16H,2,4,6,8,15H2,1H3. The first kappa shape index (κ1) is 12.8. The molecule has 3 rings (SSSR count). The predicted octanol–water partition coefficient (Wildman–Crippen LogP) is 1.79. The zero-order valence-corrected chi connectivity index (χ0v) is 11.5. The molecule has 0 radical (unpaired) electrons. The van der Waals surface area contributed by atoms with Gasteiger partial charge in [0.25, 0.3) is 5.91 Å². The number of carbonyl (C=O) groups is 1. The number of aryl methyl sites for hydroxylation is 1. The number of hydrogen-bond acceptors (Lipinski definition) is 3. The molecular formula is C14H19N5O. The Morgan fingerprint density at radius 2 is 2.45 bits per heavy atom. The van der Waals surface area contributed by atoms with Crippen molar-refractivity contribution in [2.75, 3.05) is 12.3 Å². The Morgan fingerprint density at radius 1 is 1.60 bits per heavy atom. The van der Waals surface area contributed by atoms with Crippen molar-refractivity contribution in [3.05, 3.63) is 35.9 Å². The van der Waals surface area contributed by atoms with Crippen LogP contribution in [0.4, 0.5) is 5.69 Å². The van der Waals surface area contributed by atoms with Gasteiger partial charge in [-0.2, -0.15) is 5.10 Å². The molecule has 1 unspecified atom stereocenters. The lowest BCUT2D eigenvalue weighted by Crippen LogP contribution is -2.31. The van der Waals surface area contributed by atoms with E-state index in [4.69, 9.17) is 5.73 Å². The second kappa shape index (κ2) is 5.03. The predicted molar refractivity (Wildman–Crippen MR) is 76.1 cm³/mol. The number of nitrogen functional groups attached to an aromatic ring is 1. The summed E-state index contributed by atoms with van der Waals surface area (Å²) < 4.78 is 1.70. The molecule has 0 bridgehead atoms. The fraction of sp³-hybridized carbons (Fsp3) is 0.429. The highest BCUT2D eigenvalue weighted by Gasteiger charge is 2.33. The molecule has 6 nitrogen and oxygen atoms in total. The molecule has 1 saturated heterocycles. The number of likely N-dealkylation sites (tertiary alicyclic amines) is 1. The van der Waals surface area contributed by atoms with Gasteiger partial charge in [0.2, 0.25) is 0 Å².